The highest BCUT2D eigenvalue weighted by Gasteiger charge is 2.28. The van der Waals surface area contributed by atoms with Gasteiger partial charge in [0.1, 0.15) is 0 Å². The molecular formula is C13H24N2O3S. The minimum absolute atomic E-state index is 0.267. The topological polar surface area (TPSA) is 58.6 Å². The van der Waals surface area contributed by atoms with Gasteiger partial charge in [-0.25, -0.2) is 8.42 Å². The third-order valence-electron chi connectivity index (χ3n) is 3.83. The van der Waals surface area contributed by atoms with Crippen molar-refractivity contribution in [2.45, 2.75) is 19.3 Å². The Morgan fingerprint density at radius 3 is 2.95 bits per heavy atom. The normalized spacial score (nSPS) is 26.2. The van der Waals surface area contributed by atoms with Crippen LogP contribution in [0.4, 0.5) is 0 Å². The van der Waals surface area contributed by atoms with Crippen molar-refractivity contribution in [2.24, 2.45) is 5.92 Å². The van der Waals surface area contributed by atoms with E-state index in [-0.39, 0.29) is 11.7 Å². The molecule has 0 amide bonds. The van der Waals surface area contributed by atoms with Gasteiger partial charge in [0.2, 0.25) is 10.0 Å². The number of hydrogen-bond acceptors (Lipinski definition) is 4. The van der Waals surface area contributed by atoms with Crippen molar-refractivity contribution in [2.75, 3.05) is 45.6 Å². The van der Waals surface area contributed by atoms with Crippen LogP contribution < -0.4 is 5.32 Å². The van der Waals surface area contributed by atoms with Crippen LogP contribution >= 0.6 is 0 Å². The van der Waals surface area contributed by atoms with E-state index < -0.39 is 10.0 Å². The fourth-order valence-corrected chi connectivity index (χ4v) is 4.49. The molecule has 19 heavy (non-hydrogen) atoms. The number of rotatable bonds is 5. The Hall–Kier alpha value is -0.430. The van der Waals surface area contributed by atoms with Crippen molar-refractivity contribution in [1.29, 1.82) is 0 Å². The molecule has 1 fully saturated rings. The lowest BCUT2D eigenvalue weighted by Gasteiger charge is -2.29. The van der Waals surface area contributed by atoms with E-state index in [2.05, 4.69) is 5.32 Å². The van der Waals surface area contributed by atoms with E-state index >= 15 is 0 Å². The molecule has 0 aromatic rings. The van der Waals surface area contributed by atoms with Crippen molar-refractivity contribution in [3.63, 3.8) is 0 Å². The maximum atomic E-state index is 12.4. The van der Waals surface area contributed by atoms with Gasteiger partial charge in [-0.2, -0.15) is 4.31 Å². The van der Waals surface area contributed by atoms with Crippen LogP contribution in [0.1, 0.15) is 19.3 Å². The first-order chi connectivity index (χ1) is 9.12. The van der Waals surface area contributed by atoms with Crippen LogP contribution in [-0.2, 0) is 14.8 Å². The zero-order valence-electron chi connectivity index (χ0n) is 11.6. The lowest BCUT2D eigenvalue weighted by molar-refractivity contribution is 0.219. The summed E-state index contributed by atoms with van der Waals surface area (Å²) in [6, 6.07) is 0. The Kier molecular flexibility index (Phi) is 5.38. The van der Waals surface area contributed by atoms with E-state index in [1.54, 1.807) is 11.4 Å². The average Bonchev–Trinajstić information content (AvgIpc) is 2.40. The summed E-state index contributed by atoms with van der Waals surface area (Å²) < 4.78 is 31.4. The predicted octanol–water partition coefficient (Wildman–Crippen LogP) is 0.594. The molecule has 0 saturated carbocycles. The Balaban J connectivity index is 1.89. The Labute approximate surface area is 116 Å². The van der Waals surface area contributed by atoms with Crippen molar-refractivity contribution >= 4 is 10.0 Å². The van der Waals surface area contributed by atoms with Crippen molar-refractivity contribution in [1.82, 2.24) is 9.62 Å². The van der Waals surface area contributed by atoms with E-state index in [1.165, 1.54) is 5.57 Å². The summed E-state index contributed by atoms with van der Waals surface area (Å²) in [5, 5.41) is 3.27. The molecule has 110 valence electrons. The second kappa shape index (κ2) is 6.83. The predicted molar refractivity (Wildman–Crippen MR) is 75.5 cm³/mol. The van der Waals surface area contributed by atoms with Gasteiger partial charge in [-0.05, 0) is 43.8 Å². The molecule has 1 unspecified atom stereocenters. The maximum Gasteiger partial charge on any atom is 0.214 e. The van der Waals surface area contributed by atoms with Gasteiger partial charge in [0.25, 0.3) is 0 Å². The lowest BCUT2D eigenvalue weighted by Crippen LogP contribution is -2.41. The molecule has 1 saturated heterocycles. The van der Waals surface area contributed by atoms with Crippen LogP contribution in [-0.4, -0.2) is 58.4 Å². The molecule has 0 bridgehead atoms. The van der Waals surface area contributed by atoms with Crippen LogP contribution in [0, 0.1) is 5.92 Å². The van der Waals surface area contributed by atoms with Crippen LogP contribution in [0.2, 0.25) is 0 Å². The zero-order chi connectivity index (χ0) is 13.7. The van der Waals surface area contributed by atoms with Crippen LogP contribution in [0.5, 0.6) is 0 Å². The molecule has 1 N–H and O–H groups in total. The molecule has 2 aliphatic rings. The van der Waals surface area contributed by atoms with Crippen molar-refractivity contribution < 1.29 is 13.2 Å². The number of nitrogens with zero attached hydrogens (tertiary/aromatic N) is 1. The molecule has 0 aromatic heterocycles. The third-order valence-corrected chi connectivity index (χ3v) is 5.85. The van der Waals surface area contributed by atoms with Gasteiger partial charge in [0.15, 0.2) is 0 Å². The van der Waals surface area contributed by atoms with Gasteiger partial charge in [-0.1, -0.05) is 6.08 Å². The van der Waals surface area contributed by atoms with Gasteiger partial charge in [0, 0.05) is 20.2 Å². The number of methoxy groups -OCH3 is 1. The Bertz CT molecular complexity index is 414. The highest BCUT2D eigenvalue weighted by Crippen LogP contribution is 2.19. The van der Waals surface area contributed by atoms with E-state index in [1.807, 2.05) is 6.08 Å². The first-order valence-electron chi connectivity index (χ1n) is 6.97. The minimum atomic E-state index is -3.11. The first-order valence-corrected chi connectivity index (χ1v) is 8.58. The number of ether oxygens (including phenoxy) is 1. The molecule has 2 aliphatic heterocycles. The molecule has 2 rings (SSSR count). The SMILES string of the molecule is COCC1=CCN(S(=O)(=O)CC2CCCNC2)CC1. The smallest absolute Gasteiger partial charge is 0.214 e. The highest BCUT2D eigenvalue weighted by atomic mass is 32.2. The van der Waals surface area contributed by atoms with Gasteiger partial charge >= 0.3 is 0 Å². The second-order valence-electron chi connectivity index (χ2n) is 5.39. The fourth-order valence-electron chi connectivity index (χ4n) is 2.73. The quantitative estimate of drug-likeness (QED) is 0.753. The molecule has 1 atom stereocenters. The van der Waals surface area contributed by atoms with Gasteiger partial charge < -0.3 is 10.1 Å². The van der Waals surface area contributed by atoms with Gasteiger partial charge in [-0.15, -0.1) is 0 Å². The second-order valence-corrected chi connectivity index (χ2v) is 7.41. The van der Waals surface area contributed by atoms with Crippen LogP contribution in [0.15, 0.2) is 11.6 Å². The standard InChI is InChI=1S/C13H24N2O3S/c1-18-10-12-4-7-15(8-5-12)19(16,17)11-13-3-2-6-14-9-13/h4,13-14H,2-3,5-11H2,1H3. The average molecular weight is 288 g/mol. The molecule has 0 aromatic carbocycles. The van der Waals surface area contributed by atoms with E-state index in [0.717, 1.165) is 32.4 Å². The monoisotopic (exact) mass is 288 g/mol. The van der Waals surface area contributed by atoms with Crippen molar-refractivity contribution in [3.8, 4) is 0 Å². The van der Waals surface area contributed by atoms with E-state index in [4.69, 9.17) is 4.74 Å². The van der Waals surface area contributed by atoms with Gasteiger partial charge in [-0.3, -0.25) is 0 Å². The van der Waals surface area contributed by atoms with Crippen LogP contribution in [0.25, 0.3) is 0 Å². The van der Waals surface area contributed by atoms with E-state index in [9.17, 15) is 8.42 Å². The summed E-state index contributed by atoms with van der Waals surface area (Å²) in [5.41, 5.74) is 1.20. The summed E-state index contributed by atoms with van der Waals surface area (Å²) in [6.45, 7) is 3.56. The lowest BCUT2D eigenvalue weighted by atomic mass is 10.0. The summed E-state index contributed by atoms with van der Waals surface area (Å²) >= 11 is 0. The Morgan fingerprint density at radius 1 is 1.53 bits per heavy atom. The summed E-state index contributed by atoms with van der Waals surface area (Å²) in [6.07, 6.45) is 4.88. The largest absolute Gasteiger partial charge is 0.380 e. The van der Waals surface area contributed by atoms with Crippen LogP contribution in [0.3, 0.4) is 0 Å². The number of piperidine rings is 1. The molecule has 0 aliphatic carbocycles. The first kappa shape index (κ1) is 15.0. The summed E-state index contributed by atoms with van der Waals surface area (Å²) in [5.74, 6) is 0.552. The summed E-state index contributed by atoms with van der Waals surface area (Å²) in [7, 11) is -1.45. The Morgan fingerprint density at radius 2 is 2.37 bits per heavy atom. The molecule has 0 spiro atoms. The number of hydrogen-bond donors (Lipinski definition) is 1. The molecule has 0 radical (unpaired) electrons. The zero-order valence-corrected chi connectivity index (χ0v) is 12.4. The highest BCUT2D eigenvalue weighted by molar-refractivity contribution is 7.89. The fraction of sp³-hybridized carbons (Fsp3) is 0.846. The molecule has 6 heteroatoms. The summed E-state index contributed by atoms with van der Waals surface area (Å²) in [4.78, 5) is 0. The molecule has 2 heterocycles. The number of nitrogens with one attached hydrogen (secondary N) is 1. The molecular weight excluding hydrogens is 264 g/mol. The van der Waals surface area contributed by atoms with Crippen molar-refractivity contribution in [3.05, 3.63) is 11.6 Å². The maximum absolute atomic E-state index is 12.4. The minimum Gasteiger partial charge on any atom is -0.380 e. The van der Waals surface area contributed by atoms with E-state index in [0.29, 0.717) is 19.7 Å². The molecule has 5 nitrogen and oxygen atoms in total. The number of sulfonamides is 1. The van der Waals surface area contributed by atoms with Gasteiger partial charge in [0.05, 0.1) is 12.4 Å². The third kappa shape index (κ3) is 4.27.